The van der Waals surface area contributed by atoms with Crippen molar-refractivity contribution in [3.63, 3.8) is 0 Å². The van der Waals surface area contributed by atoms with Crippen LogP contribution in [0.1, 0.15) is 5.56 Å². The average Bonchev–Trinajstić information content (AvgIpc) is 3.03. The summed E-state index contributed by atoms with van der Waals surface area (Å²) in [5.74, 6) is -0.477. The van der Waals surface area contributed by atoms with E-state index in [1.807, 2.05) is 0 Å². The number of carbonyl (C=O) groups excluding carboxylic acids is 2. The van der Waals surface area contributed by atoms with Gasteiger partial charge in [-0.2, -0.15) is 0 Å². The number of likely N-dealkylation sites (N-methyl/N-ethyl adjacent to an activating group) is 2. The van der Waals surface area contributed by atoms with Gasteiger partial charge in [-0.1, -0.05) is 0 Å². The molecular weight excluding hydrogens is 305 g/mol. The highest BCUT2D eigenvalue weighted by Gasteiger charge is 2.24. The molecule has 0 saturated carbocycles. The van der Waals surface area contributed by atoms with Crippen LogP contribution in [-0.2, 0) is 9.59 Å². The highest BCUT2D eigenvalue weighted by atomic mass is 19.1. The first kappa shape index (κ1) is 16.6. The Kier molecular flexibility index (Phi) is 5.05. The second-order valence-corrected chi connectivity index (χ2v) is 4.98. The molecule has 2 rings (SSSR count). The van der Waals surface area contributed by atoms with Crippen LogP contribution in [0.5, 0.6) is 11.5 Å². The van der Waals surface area contributed by atoms with E-state index >= 15 is 0 Å². The molecular formula is C15H18FN3O4. The molecule has 1 aromatic carbocycles. The van der Waals surface area contributed by atoms with Crippen molar-refractivity contribution in [1.29, 1.82) is 0 Å². The summed E-state index contributed by atoms with van der Waals surface area (Å²) < 4.78 is 24.7. The van der Waals surface area contributed by atoms with Gasteiger partial charge in [-0.25, -0.2) is 4.39 Å². The van der Waals surface area contributed by atoms with Gasteiger partial charge in [-0.15, -0.1) is 0 Å². The maximum atomic E-state index is 14.4. The summed E-state index contributed by atoms with van der Waals surface area (Å²) in [7, 11) is 4.72. The van der Waals surface area contributed by atoms with Gasteiger partial charge in [0.1, 0.15) is 0 Å². The number of amides is 2. The molecule has 0 bridgehead atoms. The van der Waals surface area contributed by atoms with Gasteiger partial charge in [0.15, 0.2) is 11.6 Å². The molecule has 23 heavy (non-hydrogen) atoms. The first-order chi connectivity index (χ1) is 11.0. The average molecular weight is 323 g/mol. The Bertz CT molecular complexity index is 648. The van der Waals surface area contributed by atoms with Gasteiger partial charge in [-0.05, 0) is 12.1 Å². The van der Waals surface area contributed by atoms with Crippen molar-refractivity contribution in [2.75, 3.05) is 39.8 Å². The third kappa shape index (κ3) is 3.53. The predicted molar refractivity (Wildman–Crippen MR) is 82.6 cm³/mol. The van der Waals surface area contributed by atoms with E-state index in [1.165, 1.54) is 36.2 Å². The molecule has 1 aliphatic heterocycles. The Hall–Kier alpha value is -2.77. The number of anilines is 1. The molecule has 124 valence electrons. The molecule has 1 N–H and O–H groups in total. The molecule has 0 atom stereocenters. The minimum absolute atomic E-state index is 0.0372. The Morgan fingerprint density at radius 3 is 2.74 bits per heavy atom. The maximum absolute atomic E-state index is 14.4. The molecule has 1 aromatic rings. The lowest BCUT2D eigenvalue weighted by atomic mass is 10.1. The van der Waals surface area contributed by atoms with Crippen LogP contribution in [0.4, 0.5) is 10.1 Å². The monoisotopic (exact) mass is 323 g/mol. The SMILES string of the molecule is CNc1cc(/C=C/N(C)C(=O)CN(C)C=O)c(F)c2c1OCO2. The Balaban J connectivity index is 2.19. The number of nitrogens with one attached hydrogen (secondary N) is 1. The zero-order chi connectivity index (χ0) is 17.0. The van der Waals surface area contributed by atoms with E-state index in [0.717, 1.165) is 0 Å². The fourth-order valence-corrected chi connectivity index (χ4v) is 2.00. The summed E-state index contributed by atoms with van der Waals surface area (Å²) in [5.41, 5.74) is 0.843. The Morgan fingerprint density at radius 2 is 2.09 bits per heavy atom. The van der Waals surface area contributed by atoms with Gasteiger partial charge in [0.25, 0.3) is 0 Å². The lowest BCUT2D eigenvalue weighted by Crippen LogP contribution is -2.33. The van der Waals surface area contributed by atoms with Crippen LogP contribution < -0.4 is 14.8 Å². The highest BCUT2D eigenvalue weighted by molar-refractivity contribution is 5.81. The largest absolute Gasteiger partial charge is 0.451 e. The van der Waals surface area contributed by atoms with Crippen LogP contribution in [-0.4, -0.2) is 56.6 Å². The number of benzene rings is 1. The number of carbonyl (C=O) groups is 2. The second kappa shape index (κ2) is 6.99. The van der Waals surface area contributed by atoms with Gasteiger partial charge >= 0.3 is 0 Å². The summed E-state index contributed by atoms with van der Waals surface area (Å²) >= 11 is 0. The number of ether oxygens (including phenoxy) is 2. The highest BCUT2D eigenvalue weighted by Crippen LogP contribution is 2.43. The topological polar surface area (TPSA) is 71.1 Å². The zero-order valence-electron chi connectivity index (χ0n) is 13.1. The van der Waals surface area contributed by atoms with E-state index in [1.54, 1.807) is 13.1 Å². The molecule has 2 amide bonds. The second-order valence-electron chi connectivity index (χ2n) is 4.98. The Morgan fingerprint density at radius 1 is 1.39 bits per heavy atom. The van der Waals surface area contributed by atoms with Crippen LogP contribution in [0.15, 0.2) is 12.3 Å². The summed E-state index contributed by atoms with van der Waals surface area (Å²) in [6, 6.07) is 1.56. The molecule has 8 heteroatoms. The summed E-state index contributed by atoms with van der Waals surface area (Å²) in [6.45, 7) is -0.0970. The van der Waals surface area contributed by atoms with E-state index in [9.17, 15) is 14.0 Å². The third-order valence-corrected chi connectivity index (χ3v) is 3.32. The van der Waals surface area contributed by atoms with Crippen molar-refractivity contribution in [1.82, 2.24) is 9.80 Å². The lowest BCUT2D eigenvalue weighted by Gasteiger charge is -2.16. The van der Waals surface area contributed by atoms with E-state index in [-0.39, 0.29) is 30.6 Å². The van der Waals surface area contributed by atoms with E-state index in [4.69, 9.17) is 9.47 Å². The molecule has 1 aliphatic rings. The summed E-state index contributed by atoms with van der Waals surface area (Å²) in [6.07, 6.45) is 3.45. The van der Waals surface area contributed by atoms with Gasteiger partial charge in [0.05, 0.1) is 12.2 Å². The van der Waals surface area contributed by atoms with Crippen molar-refractivity contribution in [2.45, 2.75) is 0 Å². The fraction of sp³-hybridized carbons (Fsp3) is 0.333. The minimum Gasteiger partial charge on any atom is -0.451 e. The smallest absolute Gasteiger partial charge is 0.245 e. The zero-order valence-corrected chi connectivity index (χ0v) is 13.1. The van der Waals surface area contributed by atoms with Crippen LogP contribution in [0.2, 0.25) is 0 Å². The lowest BCUT2D eigenvalue weighted by molar-refractivity contribution is -0.131. The first-order valence-electron chi connectivity index (χ1n) is 6.87. The quantitative estimate of drug-likeness (QED) is 0.794. The van der Waals surface area contributed by atoms with Crippen LogP contribution in [0.25, 0.3) is 6.08 Å². The molecule has 0 saturated heterocycles. The number of halogens is 1. The molecule has 1 heterocycles. The molecule has 0 unspecified atom stereocenters. The number of rotatable bonds is 6. The number of hydrogen-bond donors (Lipinski definition) is 1. The summed E-state index contributed by atoms with van der Waals surface area (Å²) in [4.78, 5) is 24.9. The molecule has 0 fully saturated rings. The van der Waals surface area contributed by atoms with Crippen molar-refractivity contribution in [2.24, 2.45) is 0 Å². The van der Waals surface area contributed by atoms with Crippen molar-refractivity contribution in [3.8, 4) is 11.5 Å². The molecule has 0 radical (unpaired) electrons. The van der Waals surface area contributed by atoms with E-state index in [0.29, 0.717) is 17.8 Å². The minimum atomic E-state index is -0.557. The molecule has 7 nitrogen and oxygen atoms in total. The van der Waals surface area contributed by atoms with Gasteiger partial charge in [-0.3, -0.25) is 9.59 Å². The molecule has 0 spiro atoms. The number of nitrogens with zero attached hydrogens (tertiary/aromatic N) is 2. The van der Waals surface area contributed by atoms with Crippen LogP contribution >= 0.6 is 0 Å². The van der Waals surface area contributed by atoms with Crippen molar-refractivity contribution >= 4 is 24.1 Å². The van der Waals surface area contributed by atoms with E-state index < -0.39 is 5.82 Å². The van der Waals surface area contributed by atoms with Crippen LogP contribution in [0.3, 0.4) is 0 Å². The number of fused-ring (bicyclic) bond motifs is 1. The first-order valence-corrected chi connectivity index (χ1v) is 6.87. The van der Waals surface area contributed by atoms with Gasteiger partial charge in [0.2, 0.25) is 24.9 Å². The van der Waals surface area contributed by atoms with Crippen LogP contribution in [0, 0.1) is 5.82 Å². The summed E-state index contributed by atoms with van der Waals surface area (Å²) in [5, 5.41) is 2.91. The molecule has 0 aromatic heterocycles. The third-order valence-electron chi connectivity index (χ3n) is 3.32. The predicted octanol–water partition coefficient (Wildman–Crippen LogP) is 1.11. The van der Waals surface area contributed by atoms with Gasteiger partial charge < -0.3 is 24.6 Å². The fourth-order valence-electron chi connectivity index (χ4n) is 2.00. The Labute approximate surface area is 133 Å². The van der Waals surface area contributed by atoms with Gasteiger partial charge in [0, 0.05) is 32.9 Å². The van der Waals surface area contributed by atoms with Crippen molar-refractivity contribution in [3.05, 3.63) is 23.6 Å². The standard InChI is InChI=1S/C15H18FN3O4/c1-17-11-6-10(13(16)15-14(11)22-9-23-15)4-5-19(3)12(21)7-18(2)8-20/h4-6,8,17H,7,9H2,1-3H3/b5-4+. The molecule has 0 aliphatic carbocycles. The maximum Gasteiger partial charge on any atom is 0.245 e. The number of hydrogen-bond acceptors (Lipinski definition) is 5. The van der Waals surface area contributed by atoms with E-state index in [2.05, 4.69) is 5.32 Å². The van der Waals surface area contributed by atoms with Crippen molar-refractivity contribution < 1.29 is 23.5 Å². The normalized spacial score (nSPS) is 12.3.